The molecular weight excluding hydrogens is 383 g/mol. The van der Waals surface area contributed by atoms with Crippen LogP contribution in [-0.4, -0.2) is 38.7 Å². The summed E-state index contributed by atoms with van der Waals surface area (Å²) in [4.78, 5) is 19.4. The standard InChI is InChI=1S/C11H12ClIN4O2/c12-8-4-15-10-7(13)5-17(11(10)16-8)3-1-2-14-9(19)6-18/h4-5,18H,1-3,6H2,(H,14,19). The lowest BCUT2D eigenvalue weighted by Crippen LogP contribution is -2.27. The molecule has 1 amide bonds. The van der Waals surface area contributed by atoms with Gasteiger partial charge in [0.2, 0.25) is 5.91 Å². The third kappa shape index (κ3) is 3.54. The minimum Gasteiger partial charge on any atom is -0.387 e. The van der Waals surface area contributed by atoms with E-state index < -0.39 is 6.61 Å². The van der Waals surface area contributed by atoms with Gasteiger partial charge >= 0.3 is 0 Å². The van der Waals surface area contributed by atoms with Crippen molar-refractivity contribution in [2.45, 2.75) is 13.0 Å². The lowest BCUT2D eigenvalue weighted by atomic mass is 10.4. The van der Waals surface area contributed by atoms with Crippen LogP contribution in [0.3, 0.4) is 0 Å². The summed E-state index contributed by atoms with van der Waals surface area (Å²) in [5.74, 6) is -0.366. The first kappa shape index (κ1) is 14.5. The molecule has 2 heterocycles. The molecule has 2 N–H and O–H groups in total. The van der Waals surface area contributed by atoms with Gasteiger partial charge in [-0.15, -0.1) is 0 Å². The van der Waals surface area contributed by atoms with Gasteiger partial charge < -0.3 is 15.0 Å². The Balaban J connectivity index is 2.04. The summed E-state index contributed by atoms with van der Waals surface area (Å²) in [6.45, 7) is 0.718. The molecule has 0 fully saturated rings. The van der Waals surface area contributed by atoms with Gasteiger partial charge in [-0.05, 0) is 29.0 Å². The number of nitrogens with one attached hydrogen (secondary N) is 1. The van der Waals surface area contributed by atoms with Gasteiger partial charge in [-0.2, -0.15) is 0 Å². The molecule has 2 aromatic heterocycles. The number of aryl methyl sites for hydroxylation is 1. The molecule has 8 heteroatoms. The molecule has 0 spiro atoms. The van der Waals surface area contributed by atoms with Crippen LogP contribution in [0.25, 0.3) is 11.2 Å². The minimum atomic E-state index is -0.481. The third-order valence-corrected chi connectivity index (χ3v) is 3.51. The second kappa shape index (κ2) is 6.49. The van der Waals surface area contributed by atoms with Gasteiger partial charge in [-0.25, -0.2) is 9.97 Å². The molecule has 0 saturated heterocycles. The van der Waals surface area contributed by atoms with Gasteiger partial charge in [0.15, 0.2) is 5.65 Å². The molecule has 0 aliphatic heterocycles. The number of hydrogen-bond acceptors (Lipinski definition) is 4. The first-order chi connectivity index (χ1) is 9.11. The molecule has 0 saturated carbocycles. The lowest BCUT2D eigenvalue weighted by molar-refractivity contribution is -0.123. The van der Waals surface area contributed by atoms with Crippen LogP contribution in [0.1, 0.15) is 6.42 Å². The Bertz CT molecular complexity index is 602. The summed E-state index contributed by atoms with van der Waals surface area (Å²) in [5.41, 5.74) is 1.56. The molecule has 0 aliphatic rings. The summed E-state index contributed by atoms with van der Waals surface area (Å²) in [5, 5.41) is 11.5. The van der Waals surface area contributed by atoms with E-state index in [-0.39, 0.29) is 5.91 Å². The highest BCUT2D eigenvalue weighted by Crippen LogP contribution is 2.21. The first-order valence-electron chi connectivity index (χ1n) is 5.66. The van der Waals surface area contributed by atoms with Gasteiger partial charge in [0.1, 0.15) is 17.3 Å². The van der Waals surface area contributed by atoms with Gasteiger partial charge in [0, 0.05) is 19.3 Å². The van der Waals surface area contributed by atoms with Crippen LogP contribution >= 0.6 is 34.2 Å². The van der Waals surface area contributed by atoms with E-state index in [0.717, 1.165) is 21.2 Å². The number of aromatic nitrogens is 3. The van der Waals surface area contributed by atoms with Crippen LogP contribution < -0.4 is 5.32 Å². The average molecular weight is 395 g/mol. The van der Waals surface area contributed by atoms with Crippen LogP contribution in [0, 0.1) is 3.57 Å². The van der Waals surface area contributed by atoms with E-state index in [1.165, 1.54) is 6.20 Å². The molecule has 2 rings (SSSR count). The topological polar surface area (TPSA) is 80.0 Å². The number of nitrogens with zero attached hydrogens (tertiary/aromatic N) is 3. The highest BCUT2D eigenvalue weighted by molar-refractivity contribution is 14.1. The number of aliphatic hydroxyl groups excluding tert-OH is 1. The zero-order valence-electron chi connectivity index (χ0n) is 9.94. The number of aliphatic hydroxyl groups is 1. The maximum atomic E-state index is 10.9. The molecule has 0 aromatic carbocycles. The van der Waals surface area contributed by atoms with E-state index in [0.29, 0.717) is 18.2 Å². The summed E-state index contributed by atoms with van der Waals surface area (Å²) in [7, 11) is 0. The van der Waals surface area contributed by atoms with E-state index in [9.17, 15) is 4.79 Å². The number of carbonyl (C=O) groups excluding carboxylic acids is 1. The normalized spacial score (nSPS) is 10.9. The Morgan fingerprint density at radius 2 is 2.37 bits per heavy atom. The highest BCUT2D eigenvalue weighted by atomic mass is 127. The quantitative estimate of drug-likeness (QED) is 0.590. The van der Waals surface area contributed by atoms with E-state index in [2.05, 4.69) is 37.9 Å². The smallest absolute Gasteiger partial charge is 0.245 e. The minimum absolute atomic E-state index is 0.358. The number of rotatable bonds is 5. The highest BCUT2D eigenvalue weighted by Gasteiger charge is 2.09. The SMILES string of the molecule is O=C(CO)NCCCn1cc(I)c2ncc(Cl)nc21. The Hall–Kier alpha value is -0.930. The fraction of sp³-hybridized carbons (Fsp3) is 0.364. The van der Waals surface area contributed by atoms with Crippen molar-refractivity contribution in [3.05, 3.63) is 21.1 Å². The van der Waals surface area contributed by atoms with Crippen LogP contribution in [0.5, 0.6) is 0 Å². The Morgan fingerprint density at radius 3 is 3.11 bits per heavy atom. The number of halogens is 2. The zero-order valence-corrected chi connectivity index (χ0v) is 12.8. The predicted molar refractivity (Wildman–Crippen MR) is 80.0 cm³/mol. The first-order valence-corrected chi connectivity index (χ1v) is 7.12. The van der Waals surface area contributed by atoms with Gasteiger partial charge in [0.25, 0.3) is 0 Å². The third-order valence-electron chi connectivity index (χ3n) is 2.53. The Labute approximate surface area is 128 Å². The molecule has 0 atom stereocenters. The molecule has 19 heavy (non-hydrogen) atoms. The summed E-state index contributed by atoms with van der Waals surface area (Å²) < 4.78 is 2.97. The maximum absolute atomic E-state index is 10.9. The fourth-order valence-corrected chi connectivity index (χ4v) is 2.54. The Kier molecular flexibility index (Phi) is 4.94. The van der Waals surface area contributed by atoms with Crippen molar-refractivity contribution in [2.24, 2.45) is 0 Å². The molecule has 2 aromatic rings. The van der Waals surface area contributed by atoms with Crippen LogP contribution in [0.4, 0.5) is 0 Å². The van der Waals surface area contributed by atoms with Crippen molar-refractivity contribution >= 4 is 51.3 Å². The van der Waals surface area contributed by atoms with Crippen molar-refractivity contribution in [1.82, 2.24) is 19.9 Å². The van der Waals surface area contributed by atoms with Gasteiger partial charge in [-0.1, -0.05) is 11.6 Å². The van der Waals surface area contributed by atoms with Crippen LogP contribution in [-0.2, 0) is 11.3 Å². The van der Waals surface area contributed by atoms with Crippen molar-refractivity contribution < 1.29 is 9.90 Å². The van der Waals surface area contributed by atoms with Crippen LogP contribution in [0.15, 0.2) is 12.4 Å². The largest absolute Gasteiger partial charge is 0.387 e. The molecule has 6 nitrogen and oxygen atoms in total. The molecule has 0 aliphatic carbocycles. The fourth-order valence-electron chi connectivity index (χ4n) is 1.69. The second-order valence-corrected chi connectivity index (χ2v) is 5.45. The zero-order chi connectivity index (χ0) is 13.8. The molecule has 0 radical (unpaired) electrons. The van der Waals surface area contributed by atoms with Gasteiger partial charge in [-0.3, -0.25) is 4.79 Å². The molecule has 0 unspecified atom stereocenters. The number of amides is 1. The van der Waals surface area contributed by atoms with E-state index in [4.69, 9.17) is 16.7 Å². The van der Waals surface area contributed by atoms with Crippen molar-refractivity contribution in [2.75, 3.05) is 13.2 Å². The number of hydrogen-bond donors (Lipinski definition) is 2. The number of fused-ring (bicyclic) bond motifs is 1. The monoisotopic (exact) mass is 394 g/mol. The second-order valence-electron chi connectivity index (χ2n) is 3.90. The predicted octanol–water partition coefficient (Wildman–Crippen LogP) is 1.19. The maximum Gasteiger partial charge on any atom is 0.245 e. The lowest BCUT2D eigenvalue weighted by Gasteiger charge is -2.05. The molecule has 102 valence electrons. The molecule has 0 bridgehead atoms. The van der Waals surface area contributed by atoms with E-state index >= 15 is 0 Å². The van der Waals surface area contributed by atoms with Crippen molar-refractivity contribution in [3.63, 3.8) is 0 Å². The van der Waals surface area contributed by atoms with E-state index in [1.54, 1.807) is 0 Å². The van der Waals surface area contributed by atoms with Gasteiger partial charge in [0.05, 0.1) is 9.77 Å². The van der Waals surface area contributed by atoms with Crippen LogP contribution in [0.2, 0.25) is 5.15 Å². The van der Waals surface area contributed by atoms with Crippen molar-refractivity contribution in [1.29, 1.82) is 0 Å². The average Bonchev–Trinajstić information content (AvgIpc) is 2.70. The van der Waals surface area contributed by atoms with E-state index in [1.807, 2.05) is 10.8 Å². The molecular formula is C11H12ClIN4O2. The summed E-state index contributed by atoms with van der Waals surface area (Å²) in [6.07, 6.45) is 4.22. The summed E-state index contributed by atoms with van der Waals surface area (Å²) >= 11 is 8.05. The van der Waals surface area contributed by atoms with Crippen molar-refractivity contribution in [3.8, 4) is 0 Å². The summed E-state index contributed by atoms with van der Waals surface area (Å²) in [6, 6.07) is 0. The Morgan fingerprint density at radius 1 is 1.58 bits per heavy atom. The number of carbonyl (C=O) groups is 1.